The van der Waals surface area contributed by atoms with E-state index in [0.29, 0.717) is 6.04 Å². The molecular formula is C12H16N2O. The van der Waals surface area contributed by atoms with Crippen LogP contribution in [0.3, 0.4) is 0 Å². The number of amides is 1. The van der Waals surface area contributed by atoms with Crippen LogP contribution in [0.15, 0.2) is 24.3 Å². The first-order valence-corrected chi connectivity index (χ1v) is 5.29. The van der Waals surface area contributed by atoms with Crippen molar-refractivity contribution in [1.29, 1.82) is 0 Å². The molecule has 80 valence electrons. The first kappa shape index (κ1) is 10.2. The molecule has 1 atom stereocenters. The molecule has 1 saturated carbocycles. The van der Waals surface area contributed by atoms with E-state index in [0.717, 1.165) is 24.0 Å². The number of primary amides is 1. The van der Waals surface area contributed by atoms with Gasteiger partial charge in [0.05, 0.1) is 0 Å². The average molecular weight is 204 g/mol. The molecule has 0 aromatic heterocycles. The van der Waals surface area contributed by atoms with Crippen LogP contribution in [-0.4, -0.2) is 11.9 Å². The number of benzene rings is 1. The first-order chi connectivity index (χ1) is 7.16. The Hall–Kier alpha value is -1.35. The molecule has 0 radical (unpaired) electrons. The second-order valence-corrected chi connectivity index (χ2v) is 4.19. The van der Waals surface area contributed by atoms with Gasteiger partial charge in [0.1, 0.15) is 6.04 Å². The van der Waals surface area contributed by atoms with Gasteiger partial charge in [0, 0.05) is 6.04 Å². The topological polar surface area (TPSA) is 55.1 Å². The zero-order chi connectivity index (χ0) is 10.8. The van der Waals surface area contributed by atoms with Gasteiger partial charge in [-0.2, -0.15) is 0 Å². The fourth-order valence-corrected chi connectivity index (χ4v) is 1.68. The van der Waals surface area contributed by atoms with Crippen molar-refractivity contribution >= 4 is 5.91 Å². The van der Waals surface area contributed by atoms with Crippen LogP contribution in [0.2, 0.25) is 0 Å². The Morgan fingerprint density at radius 3 is 2.80 bits per heavy atom. The second kappa shape index (κ2) is 4.03. The molecular weight excluding hydrogens is 188 g/mol. The molecule has 2 rings (SSSR count). The quantitative estimate of drug-likeness (QED) is 0.776. The Labute approximate surface area is 89.7 Å². The minimum Gasteiger partial charge on any atom is -0.368 e. The lowest BCUT2D eigenvalue weighted by atomic mass is 10.0. The molecule has 0 aliphatic heterocycles. The zero-order valence-corrected chi connectivity index (χ0v) is 8.86. The summed E-state index contributed by atoms with van der Waals surface area (Å²) in [6.45, 7) is 2.01. The molecule has 0 spiro atoms. The van der Waals surface area contributed by atoms with E-state index in [2.05, 4.69) is 5.32 Å². The molecule has 1 aliphatic rings. The van der Waals surface area contributed by atoms with E-state index in [1.165, 1.54) is 0 Å². The summed E-state index contributed by atoms with van der Waals surface area (Å²) in [7, 11) is 0. The van der Waals surface area contributed by atoms with Crippen molar-refractivity contribution in [2.24, 2.45) is 5.73 Å². The third kappa shape index (κ3) is 2.57. The van der Waals surface area contributed by atoms with E-state index in [1.807, 2.05) is 31.2 Å². The van der Waals surface area contributed by atoms with Gasteiger partial charge in [-0.1, -0.05) is 29.8 Å². The largest absolute Gasteiger partial charge is 0.368 e. The fraction of sp³-hybridized carbons (Fsp3) is 0.417. The Kier molecular flexibility index (Phi) is 2.73. The van der Waals surface area contributed by atoms with E-state index < -0.39 is 0 Å². The molecule has 1 aromatic carbocycles. The molecule has 1 aromatic rings. The van der Waals surface area contributed by atoms with Crippen molar-refractivity contribution in [3.8, 4) is 0 Å². The Bertz CT molecular complexity index is 372. The standard InChI is InChI=1S/C12H16N2O/c1-8-3-2-4-9(7-8)11(12(13)15)14-10-5-6-10/h2-4,7,10-11,14H,5-6H2,1H3,(H2,13,15). The Morgan fingerprint density at radius 1 is 1.53 bits per heavy atom. The number of aryl methyl sites for hydroxylation is 1. The molecule has 0 saturated heterocycles. The van der Waals surface area contributed by atoms with Crippen molar-refractivity contribution < 1.29 is 4.79 Å². The van der Waals surface area contributed by atoms with Crippen LogP contribution < -0.4 is 11.1 Å². The van der Waals surface area contributed by atoms with Gasteiger partial charge in [0.25, 0.3) is 0 Å². The van der Waals surface area contributed by atoms with Crippen molar-refractivity contribution in [1.82, 2.24) is 5.32 Å². The van der Waals surface area contributed by atoms with Gasteiger partial charge in [-0.05, 0) is 25.3 Å². The van der Waals surface area contributed by atoms with E-state index in [-0.39, 0.29) is 11.9 Å². The zero-order valence-electron chi connectivity index (χ0n) is 8.86. The first-order valence-electron chi connectivity index (χ1n) is 5.29. The summed E-state index contributed by atoms with van der Waals surface area (Å²) in [4.78, 5) is 11.3. The highest BCUT2D eigenvalue weighted by Crippen LogP contribution is 2.24. The van der Waals surface area contributed by atoms with Crippen molar-refractivity contribution in [2.45, 2.75) is 31.8 Å². The van der Waals surface area contributed by atoms with E-state index in [9.17, 15) is 4.79 Å². The summed E-state index contributed by atoms with van der Waals surface area (Å²) < 4.78 is 0. The molecule has 0 heterocycles. The predicted molar refractivity (Wildman–Crippen MR) is 59.3 cm³/mol. The van der Waals surface area contributed by atoms with Crippen LogP contribution >= 0.6 is 0 Å². The van der Waals surface area contributed by atoms with Crippen LogP contribution in [0, 0.1) is 6.92 Å². The van der Waals surface area contributed by atoms with Gasteiger partial charge in [-0.25, -0.2) is 0 Å². The van der Waals surface area contributed by atoms with Crippen LogP contribution in [0.5, 0.6) is 0 Å². The Balaban J connectivity index is 2.18. The maximum atomic E-state index is 11.3. The lowest BCUT2D eigenvalue weighted by Crippen LogP contribution is -2.34. The van der Waals surface area contributed by atoms with E-state index in [1.54, 1.807) is 0 Å². The molecule has 0 bridgehead atoms. The van der Waals surface area contributed by atoms with E-state index >= 15 is 0 Å². The highest BCUT2D eigenvalue weighted by molar-refractivity contribution is 5.81. The average Bonchev–Trinajstić information content (AvgIpc) is 2.97. The minimum atomic E-state index is -0.336. The number of nitrogens with two attached hydrogens (primary N) is 1. The smallest absolute Gasteiger partial charge is 0.239 e. The highest BCUT2D eigenvalue weighted by Gasteiger charge is 2.28. The molecule has 3 N–H and O–H groups in total. The van der Waals surface area contributed by atoms with Crippen LogP contribution in [0.25, 0.3) is 0 Å². The normalized spacial score (nSPS) is 17.4. The van der Waals surface area contributed by atoms with Gasteiger partial charge in [0.2, 0.25) is 5.91 Å². The molecule has 1 aliphatic carbocycles. The lowest BCUT2D eigenvalue weighted by molar-refractivity contribution is -0.120. The summed E-state index contributed by atoms with van der Waals surface area (Å²) in [5.74, 6) is -0.299. The summed E-state index contributed by atoms with van der Waals surface area (Å²) in [5, 5.41) is 3.26. The third-order valence-electron chi connectivity index (χ3n) is 2.64. The number of hydrogen-bond acceptors (Lipinski definition) is 2. The van der Waals surface area contributed by atoms with Crippen LogP contribution in [0.1, 0.15) is 30.0 Å². The van der Waals surface area contributed by atoms with Crippen molar-refractivity contribution in [2.75, 3.05) is 0 Å². The molecule has 3 nitrogen and oxygen atoms in total. The minimum absolute atomic E-state index is 0.299. The van der Waals surface area contributed by atoms with Gasteiger partial charge in [-0.15, -0.1) is 0 Å². The SMILES string of the molecule is Cc1cccc(C(NC2CC2)C(N)=O)c1. The molecule has 3 heteroatoms. The third-order valence-corrected chi connectivity index (χ3v) is 2.64. The molecule has 1 fully saturated rings. The Morgan fingerprint density at radius 2 is 2.27 bits per heavy atom. The maximum Gasteiger partial charge on any atom is 0.239 e. The second-order valence-electron chi connectivity index (χ2n) is 4.19. The summed E-state index contributed by atoms with van der Waals surface area (Å²) in [6.07, 6.45) is 2.30. The van der Waals surface area contributed by atoms with Crippen LogP contribution in [-0.2, 0) is 4.79 Å². The molecule has 1 amide bonds. The highest BCUT2D eigenvalue weighted by atomic mass is 16.1. The van der Waals surface area contributed by atoms with Crippen LogP contribution in [0.4, 0.5) is 0 Å². The fourth-order valence-electron chi connectivity index (χ4n) is 1.68. The lowest BCUT2D eigenvalue weighted by Gasteiger charge is -2.15. The number of rotatable bonds is 4. The van der Waals surface area contributed by atoms with E-state index in [4.69, 9.17) is 5.73 Å². The van der Waals surface area contributed by atoms with Gasteiger partial charge in [0.15, 0.2) is 0 Å². The number of carbonyl (C=O) groups is 1. The molecule has 15 heavy (non-hydrogen) atoms. The van der Waals surface area contributed by atoms with Gasteiger partial charge in [-0.3, -0.25) is 10.1 Å². The number of hydrogen-bond donors (Lipinski definition) is 2. The predicted octanol–water partition coefficient (Wildman–Crippen LogP) is 1.27. The summed E-state index contributed by atoms with van der Waals surface area (Å²) in [6, 6.07) is 8.05. The van der Waals surface area contributed by atoms with Crippen molar-refractivity contribution in [3.05, 3.63) is 35.4 Å². The van der Waals surface area contributed by atoms with Gasteiger partial charge < -0.3 is 5.73 Å². The van der Waals surface area contributed by atoms with Gasteiger partial charge >= 0.3 is 0 Å². The number of carbonyl (C=O) groups excluding carboxylic acids is 1. The maximum absolute atomic E-state index is 11.3. The van der Waals surface area contributed by atoms with Crippen molar-refractivity contribution in [3.63, 3.8) is 0 Å². The summed E-state index contributed by atoms with van der Waals surface area (Å²) in [5.41, 5.74) is 7.51. The number of nitrogens with one attached hydrogen (secondary N) is 1. The molecule has 1 unspecified atom stereocenters. The summed E-state index contributed by atoms with van der Waals surface area (Å²) >= 11 is 0. The monoisotopic (exact) mass is 204 g/mol.